The van der Waals surface area contributed by atoms with Gasteiger partial charge in [-0.2, -0.15) is 0 Å². The van der Waals surface area contributed by atoms with E-state index in [1.54, 1.807) is 12.1 Å². The lowest BCUT2D eigenvalue weighted by molar-refractivity contribution is -0.268. The minimum Gasteiger partial charge on any atom is -0.872 e. The molecule has 0 saturated heterocycles. The average molecular weight is 322 g/mol. The molecule has 0 radical (unpaired) electrons. The van der Waals surface area contributed by atoms with E-state index in [0.29, 0.717) is 5.75 Å². The number of methoxy groups -OCH3 is 1. The fourth-order valence-corrected chi connectivity index (χ4v) is 2.80. The van der Waals surface area contributed by atoms with Crippen molar-refractivity contribution in [3.63, 3.8) is 0 Å². The van der Waals surface area contributed by atoms with Gasteiger partial charge in [0, 0.05) is 5.69 Å². The number of anilines is 1. The van der Waals surface area contributed by atoms with E-state index in [1.807, 2.05) is 0 Å². The zero-order chi connectivity index (χ0) is 16.3. The number of rotatable bonds is 5. The molecule has 0 aliphatic rings. The van der Waals surface area contributed by atoms with Crippen LogP contribution in [0.4, 0.5) is 5.69 Å². The molecule has 0 aliphatic heterocycles. The van der Waals surface area contributed by atoms with Crippen molar-refractivity contribution in [2.75, 3.05) is 11.8 Å². The Morgan fingerprint density at radius 2 is 1.82 bits per heavy atom. The van der Waals surface area contributed by atoms with Gasteiger partial charge in [0.1, 0.15) is 5.75 Å². The molecule has 2 aromatic rings. The van der Waals surface area contributed by atoms with Gasteiger partial charge < -0.3 is 14.9 Å². The summed E-state index contributed by atoms with van der Waals surface area (Å²) in [6.07, 6.45) is 0. The summed E-state index contributed by atoms with van der Waals surface area (Å²) in [5.74, 6) is -1.67. The zero-order valence-electron chi connectivity index (χ0n) is 11.4. The predicted molar refractivity (Wildman–Crippen MR) is 76.6 cm³/mol. The summed E-state index contributed by atoms with van der Waals surface area (Å²) < 4.78 is 31.7. The SMILES string of the molecule is COc1ccc(NS(=O)(=O)c2ccc([O-])c(C(=O)O)c2)cc1. The highest BCUT2D eigenvalue weighted by atomic mass is 32.2. The van der Waals surface area contributed by atoms with Gasteiger partial charge in [-0.15, -0.1) is 0 Å². The number of carboxylic acids is 1. The van der Waals surface area contributed by atoms with Gasteiger partial charge in [0.15, 0.2) is 0 Å². The van der Waals surface area contributed by atoms with Crippen LogP contribution in [0, 0.1) is 0 Å². The quantitative estimate of drug-likeness (QED) is 0.856. The van der Waals surface area contributed by atoms with Crippen LogP contribution in [0.2, 0.25) is 0 Å². The molecule has 0 unspecified atom stereocenters. The van der Waals surface area contributed by atoms with Gasteiger partial charge in [-0.3, -0.25) is 4.72 Å². The lowest BCUT2D eigenvalue weighted by atomic mass is 10.2. The van der Waals surface area contributed by atoms with Crippen molar-refractivity contribution in [1.29, 1.82) is 0 Å². The van der Waals surface area contributed by atoms with Crippen LogP contribution in [0.5, 0.6) is 11.5 Å². The monoisotopic (exact) mass is 322 g/mol. The molecule has 0 atom stereocenters. The molecule has 2 N–H and O–H groups in total. The van der Waals surface area contributed by atoms with Crippen LogP contribution >= 0.6 is 0 Å². The Morgan fingerprint density at radius 3 is 2.36 bits per heavy atom. The maximum Gasteiger partial charge on any atom is 0.335 e. The van der Waals surface area contributed by atoms with E-state index < -0.39 is 27.3 Å². The second-order valence-electron chi connectivity index (χ2n) is 4.30. The Kier molecular flexibility index (Phi) is 4.22. The van der Waals surface area contributed by atoms with E-state index in [1.165, 1.54) is 19.2 Å². The summed E-state index contributed by atoms with van der Waals surface area (Å²) in [5.41, 5.74) is -0.318. The van der Waals surface area contributed by atoms with Crippen molar-refractivity contribution in [3.05, 3.63) is 48.0 Å². The first kappa shape index (κ1) is 15.6. The van der Waals surface area contributed by atoms with Crippen molar-refractivity contribution in [1.82, 2.24) is 0 Å². The molecule has 0 aliphatic carbocycles. The highest BCUT2D eigenvalue weighted by Crippen LogP contribution is 2.22. The molecule has 0 heterocycles. The van der Waals surface area contributed by atoms with Gasteiger partial charge in [-0.1, -0.05) is 11.8 Å². The smallest absolute Gasteiger partial charge is 0.335 e. The fourth-order valence-electron chi connectivity index (χ4n) is 1.72. The Hall–Kier alpha value is -2.74. The van der Waals surface area contributed by atoms with Crippen molar-refractivity contribution in [3.8, 4) is 11.5 Å². The number of nitrogens with one attached hydrogen (secondary N) is 1. The highest BCUT2D eigenvalue weighted by Gasteiger charge is 2.17. The first-order valence-electron chi connectivity index (χ1n) is 6.05. The molecule has 22 heavy (non-hydrogen) atoms. The molecular formula is C14H12NO6S-. The van der Waals surface area contributed by atoms with Crippen LogP contribution in [-0.4, -0.2) is 26.6 Å². The maximum absolute atomic E-state index is 12.2. The minimum atomic E-state index is -4.00. The molecule has 0 amide bonds. The second kappa shape index (κ2) is 5.94. The Labute approximate surface area is 126 Å². The number of carbonyl (C=O) groups is 1. The maximum atomic E-state index is 12.2. The van der Waals surface area contributed by atoms with E-state index in [0.717, 1.165) is 18.2 Å². The number of aromatic carboxylic acids is 1. The molecule has 7 nitrogen and oxygen atoms in total. The molecule has 8 heteroatoms. The number of hydrogen-bond donors (Lipinski definition) is 2. The molecule has 0 bridgehead atoms. The number of benzene rings is 2. The van der Waals surface area contributed by atoms with Gasteiger partial charge >= 0.3 is 5.97 Å². The summed E-state index contributed by atoms with van der Waals surface area (Å²) in [7, 11) is -2.52. The number of sulfonamides is 1. The molecule has 0 spiro atoms. The van der Waals surface area contributed by atoms with Crippen LogP contribution in [0.3, 0.4) is 0 Å². The third kappa shape index (κ3) is 3.29. The Morgan fingerprint density at radius 1 is 1.18 bits per heavy atom. The predicted octanol–water partition coefficient (Wildman–Crippen LogP) is 1.27. The van der Waals surface area contributed by atoms with E-state index in [2.05, 4.69) is 4.72 Å². The van der Waals surface area contributed by atoms with Crippen LogP contribution in [0.25, 0.3) is 0 Å². The van der Waals surface area contributed by atoms with Gasteiger partial charge in [0.25, 0.3) is 10.0 Å². The summed E-state index contributed by atoms with van der Waals surface area (Å²) in [6, 6.07) is 8.93. The van der Waals surface area contributed by atoms with E-state index in [-0.39, 0.29) is 10.6 Å². The normalized spacial score (nSPS) is 11.0. The Balaban J connectivity index is 2.33. The first-order chi connectivity index (χ1) is 10.3. The molecule has 2 aromatic carbocycles. The van der Waals surface area contributed by atoms with Crippen molar-refractivity contribution in [2.24, 2.45) is 0 Å². The highest BCUT2D eigenvalue weighted by molar-refractivity contribution is 7.92. The number of hydrogen-bond acceptors (Lipinski definition) is 5. The number of carboxylic acid groups (broad SMARTS) is 1. The summed E-state index contributed by atoms with van der Waals surface area (Å²) in [4.78, 5) is 10.6. The van der Waals surface area contributed by atoms with Gasteiger partial charge in [0.2, 0.25) is 0 Å². The van der Waals surface area contributed by atoms with Crippen LogP contribution < -0.4 is 14.6 Å². The molecule has 0 aromatic heterocycles. The van der Waals surface area contributed by atoms with Gasteiger partial charge in [-0.25, -0.2) is 13.2 Å². The molecular weight excluding hydrogens is 310 g/mol. The number of ether oxygens (including phenoxy) is 1. The van der Waals surface area contributed by atoms with Crippen molar-refractivity contribution < 1.29 is 28.2 Å². The fraction of sp³-hybridized carbons (Fsp3) is 0.0714. The zero-order valence-corrected chi connectivity index (χ0v) is 12.3. The van der Waals surface area contributed by atoms with Crippen LogP contribution in [-0.2, 0) is 10.0 Å². The molecule has 2 rings (SSSR count). The van der Waals surface area contributed by atoms with E-state index in [9.17, 15) is 18.3 Å². The van der Waals surface area contributed by atoms with Crippen LogP contribution in [0.1, 0.15) is 10.4 Å². The minimum absolute atomic E-state index is 0.281. The molecule has 0 saturated carbocycles. The summed E-state index contributed by atoms with van der Waals surface area (Å²) in [6.45, 7) is 0. The third-order valence-corrected chi connectivity index (χ3v) is 4.21. The molecule has 116 valence electrons. The topological polar surface area (TPSA) is 116 Å². The van der Waals surface area contributed by atoms with Gasteiger partial charge in [0.05, 0.1) is 17.6 Å². The van der Waals surface area contributed by atoms with E-state index in [4.69, 9.17) is 9.84 Å². The largest absolute Gasteiger partial charge is 0.872 e. The Bertz CT molecular complexity index is 799. The molecule has 0 fully saturated rings. The van der Waals surface area contributed by atoms with Gasteiger partial charge in [-0.05, 0) is 36.4 Å². The summed E-state index contributed by atoms with van der Waals surface area (Å²) >= 11 is 0. The van der Waals surface area contributed by atoms with Crippen molar-refractivity contribution >= 4 is 21.7 Å². The lowest BCUT2D eigenvalue weighted by Crippen LogP contribution is -2.14. The lowest BCUT2D eigenvalue weighted by Gasteiger charge is -2.13. The third-order valence-electron chi connectivity index (χ3n) is 2.83. The van der Waals surface area contributed by atoms with Crippen molar-refractivity contribution in [2.45, 2.75) is 4.90 Å². The summed E-state index contributed by atoms with van der Waals surface area (Å²) in [5, 5.41) is 20.2. The van der Waals surface area contributed by atoms with E-state index >= 15 is 0 Å². The average Bonchev–Trinajstić information content (AvgIpc) is 2.47. The van der Waals surface area contributed by atoms with Crippen LogP contribution in [0.15, 0.2) is 47.4 Å². The standard InChI is InChI=1S/C14H13NO6S/c1-21-10-4-2-9(3-5-10)15-22(19,20)11-6-7-13(16)12(8-11)14(17)18/h2-8,15-16H,1H3,(H,17,18)/p-1. The first-order valence-corrected chi connectivity index (χ1v) is 7.53. The second-order valence-corrected chi connectivity index (χ2v) is 5.98.